The molecule has 4 nitrogen and oxygen atoms in total. The smallest absolute Gasteiger partial charge is 0.251 e. The fourth-order valence-electron chi connectivity index (χ4n) is 2.55. The van der Waals surface area contributed by atoms with E-state index in [1.165, 1.54) is 5.56 Å². The molecule has 2 unspecified atom stereocenters. The van der Waals surface area contributed by atoms with Crippen LogP contribution >= 0.6 is 0 Å². The maximum Gasteiger partial charge on any atom is 0.251 e. The highest BCUT2D eigenvalue weighted by Crippen LogP contribution is 2.40. The minimum atomic E-state index is -0.107. The van der Waals surface area contributed by atoms with Crippen molar-refractivity contribution in [3.63, 3.8) is 0 Å². The van der Waals surface area contributed by atoms with E-state index < -0.39 is 0 Å². The number of ether oxygens (including phenoxy) is 1. The Bertz CT molecular complexity index is 655. The zero-order chi connectivity index (χ0) is 14.8. The molecule has 2 aromatic rings. The Hall–Kier alpha value is -2.49. The minimum Gasteiger partial charge on any atom is -0.497 e. The second-order valence-electron chi connectivity index (χ2n) is 5.33. The summed E-state index contributed by atoms with van der Waals surface area (Å²) in [4.78, 5) is 12.3. The molecular weight excluding hydrogens is 264 g/mol. The van der Waals surface area contributed by atoms with Crippen LogP contribution in [-0.4, -0.2) is 19.1 Å². The fourth-order valence-corrected chi connectivity index (χ4v) is 2.55. The summed E-state index contributed by atoms with van der Waals surface area (Å²) in [6.07, 6.45) is 0.981. The number of carbonyl (C=O) groups excluding carboxylic acids is 1. The second kappa shape index (κ2) is 5.48. The van der Waals surface area contributed by atoms with E-state index in [0.717, 1.165) is 6.42 Å². The Balaban J connectivity index is 1.67. The van der Waals surface area contributed by atoms with Gasteiger partial charge in [-0.05, 0) is 24.1 Å². The number of methoxy groups -OCH3 is 1. The Kier molecular flexibility index (Phi) is 3.52. The van der Waals surface area contributed by atoms with Gasteiger partial charge in [-0.3, -0.25) is 4.79 Å². The molecule has 1 saturated carbocycles. The Morgan fingerprint density at radius 2 is 2.00 bits per heavy atom. The van der Waals surface area contributed by atoms with Crippen molar-refractivity contribution in [3.05, 3.63) is 59.7 Å². The highest BCUT2D eigenvalue weighted by molar-refractivity contribution is 5.96. The first kappa shape index (κ1) is 13.5. The molecule has 21 heavy (non-hydrogen) atoms. The first-order valence-corrected chi connectivity index (χ1v) is 6.98. The summed E-state index contributed by atoms with van der Waals surface area (Å²) in [5.74, 6) is 0.901. The van der Waals surface area contributed by atoms with Crippen LogP contribution in [0.5, 0.6) is 5.75 Å². The van der Waals surface area contributed by atoms with Crippen LogP contribution in [0, 0.1) is 0 Å². The second-order valence-corrected chi connectivity index (χ2v) is 5.33. The molecular formula is C17H18N2O2. The van der Waals surface area contributed by atoms with E-state index in [2.05, 4.69) is 17.4 Å². The molecule has 0 heterocycles. The van der Waals surface area contributed by atoms with Crippen LogP contribution < -0.4 is 15.8 Å². The number of nitrogen functional groups attached to an aromatic ring is 1. The van der Waals surface area contributed by atoms with Gasteiger partial charge < -0.3 is 15.8 Å². The highest BCUT2D eigenvalue weighted by Gasteiger charge is 2.39. The topological polar surface area (TPSA) is 64.3 Å². The average molecular weight is 282 g/mol. The number of rotatable bonds is 4. The minimum absolute atomic E-state index is 0.107. The predicted molar refractivity (Wildman–Crippen MR) is 82.5 cm³/mol. The van der Waals surface area contributed by atoms with Crippen molar-refractivity contribution in [3.8, 4) is 5.75 Å². The molecule has 0 saturated heterocycles. The Morgan fingerprint density at radius 3 is 2.71 bits per heavy atom. The molecule has 2 aromatic carbocycles. The molecule has 0 bridgehead atoms. The lowest BCUT2D eigenvalue weighted by Crippen LogP contribution is -2.26. The third-order valence-electron chi connectivity index (χ3n) is 3.76. The van der Waals surface area contributed by atoms with Crippen molar-refractivity contribution < 1.29 is 9.53 Å². The van der Waals surface area contributed by atoms with E-state index >= 15 is 0 Å². The van der Waals surface area contributed by atoms with E-state index in [0.29, 0.717) is 22.9 Å². The number of nitrogens with two attached hydrogens (primary N) is 1. The lowest BCUT2D eigenvalue weighted by atomic mass is 10.1. The van der Waals surface area contributed by atoms with Crippen LogP contribution in [0.1, 0.15) is 28.3 Å². The van der Waals surface area contributed by atoms with Gasteiger partial charge in [0.2, 0.25) is 0 Å². The summed E-state index contributed by atoms with van der Waals surface area (Å²) >= 11 is 0. The molecule has 0 aromatic heterocycles. The summed E-state index contributed by atoms with van der Waals surface area (Å²) in [6, 6.07) is 15.5. The van der Waals surface area contributed by atoms with Gasteiger partial charge in [-0.25, -0.2) is 0 Å². The first-order valence-electron chi connectivity index (χ1n) is 6.98. The van der Waals surface area contributed by atoms with E-state index in [-0.39, 0.29) is 11.9 Å². The molecule has 108 valence electrons. The van der Waals surface area contributed by atoms with Crippen LogP contribution in [0.2, 0.25) is 0 Å². The van der Waals surface area contributed by atoms with Crippen LogP contribution in [0.15, 0.2) is 48.5 Å². The van der Waals surface area contributed by atoms with Gasteiger partial charge in [0.05, 0.1) is 7.11 Å². The monoisotopic (exact) mass is 282 g/mol. The predicted octanol–water partition coefficient (Wildman–Crippen LogP) is 2.56. The largest absolute Gasteiger partial charge is 0.497 e. The van der Waals surface area contributed by atoms with Crippen molar-refractivity contribution in [1.29, 1.82) is 0 Å². The van der Waals surface area contributed by atoms with Crippen molar-refractivity contribution in [2.75, 3.05) is 12.8 Å². The summed E-state index contributed by atoms with van der Waals surface area (Å²) in [5.41, 5.74) is 8.10. The standard InChI is InChI=1S/C17H18N2O2/c1-21-14-8-12(7-13(18)9-14)17(20)19-16-10-15(16)11-5-3-2-4-6-11/h2-9,15-16H,10,18H2,1H3,(H,19,20). The first-order chi connectivity index (χ1) is 10.2. The number of anilines is 1. The number of nitrogens with one attached hydrogen (secondary N) is 1. The number of amides is 1. The van der Waals surface area contributed by atoms with Crippen molar-refractivity contribution >= 4 is 11.6 Å². The number of hydrogen-bond donors (Lipinski definition) is 2. The van der Waals surface area contributed by atoms with Gasteiger partial charge in [0.25, 0.3) is 5.91 Å². The summed E-state index contributed by atoms with van der Waals surface area (Å²) in [5, 5.41) is 3.05. The van der Waals surface area contributed by atoms with E-state index in [1.54, 1.807) is 25.3 Å². The SMILES string of the molecule is COc1cc(N)cc(C(=O)NC2CC2c2ccccc2)c1. The summed E-state index contributed by atoms with van der Waals surface area (Å²) < 4.78 is 5.14. The van der Waals surface area contributed by atoms with Gasteiger partial charge in [0, 0.05) is 29.3 Å². The molecule has 0 radical (unpaired) electrons. The number of benzene rings is 2. The molecule has 1 fully saturated rings. The van der Waals surface area contributed by atoms with Crippen LogP contribution in [0.4, 0.5) is 5.69 Å². The van der Waals surface area contributed by atoms with Gasteiger partial charge in [0.1, 0.15) is 5.75 Å². The molecule has 3 N–H and O–H groups in total. The van der Waals surface area contributed by atoms with Gasteiger partial charge in [-0.15, -0.1) is 0 Å². The van der Waals surface area contributed by atoms with E-state index in [4.69, 9.17) is 10.5 Å². The van der Waals surface area contributed by atoms with Gasteiger partial charge >= 0.3 is 0 Å². The molecule has 0 aliphatic heterocycles. The van der Waals surface area contributed by atoms with Crippen LogP contribution in [0.25, 0.3) is 0 Å². The number of hydrogen-bond acceptors (Lipinski definition) is 3. The molecule has 2 atom stereocenters. The van der Waals surface area contributed by atoms with Crippen molar-refractivity contribution in [2.45, 2.75) is 18.4 Å². The lowest BCUT2D eigenvalue weighted by Gasteiger charge is -2.08. The van der Waals surface area contributed by atoms with Gasteiger partial charge in [0.15, 0.2) is 0 Å². The van der Waals surface area contributed by atoms with Crippen LogP contribution in [-0.2, 0) is 0 Å². The molecule has 1 aliphatic rings. The molecule has 3 rings (SSSR count). The molecule has 1 aliphatic carbocycles. The van der Waals surface area contributed by atoms with Crippen LogP contribution in [0.3, 0.4) is 0 Å². The number of carbonyl (C=O) groups is 1. The molecule has 0 spiro atoms. The summed E-state index contributed by atoms with van der Waals surface area (Å²) in [7, 11) is 1.56. The van der Waals surface area contributed by atoms with E-state index in [1.807, 2.05) is 18.2 Å². The maximum absolute atomic E-state index is 12.3. The normalized spacial score (nSPS) is 19.9. The average Bonchev–Trinajstić information content (AvgIpc) is 3.26. The lowest BCUT2D eigenvalue weighted by molar-refractivity contribution is 0.0950. The fraction of sp³-hybridized carbons (Fsp3) is 0.235. The molecule has 4 heteroatoms. The van der Waals surface area contributed by atoms with Crippen molar-refractivity contribution in [1.82, 2.24) is 5.32 Å². The quantitative estimate of drug-likeness (QED) is 0.847. The third kappa shape index (κ3) is 2.99. The summed E-state index contributed by atoms with van der Waals surface area (Å²) in [6.45, 7) is 0. The maximum atomic E-state index is 12.3. The van der Waals surface area contributed by atoms with Gasteiger partial charge in [-0.1, -0.05) is 30.3 Å². The zero-order valence-corrected chi connectivity index (χ0v) is 11.9. The third-order valence-corrected chi connectivity index (χ3v) is 3.76. The van der Waals surface area contributed by atoms with Crippen molar-refractivity contribution in [2.24, 2.45) is 0 Å². The Labute approximate surface area is 123 Å². The Morgan fingerprint density at radius 1 is 1.24 bits per heavy atom. The highest BCUT2D eigenvalue weighted by atomic mass is 16.5. The van der Waals surface area contributed by atoms with Gasteiger partial charge in [-0.2, -0.15) is 0 Å². The zero-order valence-electron chi connectivity index (χ0n) is 11.9. The molecule has 1 amide bonds. The van der Waals surface area contributed by atoms with E-state index in [9.17, 15) is 4.79 Å².